The van der Waals surface area contributed by atoms with Gasteiger partial charge in [0, 0.05) is 12.1 Å². The fourth-order valence-corrected chi connectivity index (χ4v) is 5.04. The van der Waals surface area contributed by atoms with Gasteiger partial charge in [0.2, 0.25) is 0 Å². The Labute approximate surface area is 93.0 Å². The van der Waals surface area contributed by atoms with E-state index in [1.807, 2.05) is 0 Å². The summed E-state index contributed by atoms with van der Waals surface area (Å²) in [7, 11) is 0. The van der Waals surface area contributed by atoms with Crippen LogP contribution < -0.4 is 5.32 Å². The third-order valence-corrected chi connectivity index (χ3v) is 5.76. The SMILES string of the molecule is C1CC(NC2C3CC4CC(C3)CC2C4)C1. The maximum atomic E-state index is 4.00. The summed E-state index contributed by atoms with van der Waals surface area (Å²) in [5.41, 5.74) is 0. The van der Waals surface area contributed by atoms with Crippen LogP contribution in [0.15, 0.2) is 0 Å². The Morgan fingerprint density at radius 2 is 1.33 bits per heavy atom. The van der Waals surface area contributed by atoms with Crippen molar-refractivity contribution in [2.45, 2.75) is 63.5 Å². The lowest BCUT2D eigenvalue weighted by Crippen LogP contribution is -2.57. The van der Waals surface area contributed by atoms with Gasteiger partial charge in [0.25, 0.3) is 0 Å². The molecule has 5 rings (SSSR count). The van der Waals surface area contributed by atoms with Crippen LogP contribution in [0.5, 0.6) is 0 Å². The first-order valence-electron chi connectivity index (χ1n) is 7.14. The van der Waals surface area contributed by atoms with E-state index >= 15 is 0 Å². The molecule has 15 heavy (non-hydrogen) atoms. The van der Waals surface area contributed by atoms with Gasteiger partial charge in [0.15, 0.2) is 0 Å². The largest absolute Gasteiger partial charge is 0.311 e. The smallest absolute Gasteiger partial charge is 0.0127 e. The van der Waals surface area contributed by atoms with Crippen LogP contribution in [0.4, 0.5) is 0 Å². The summed E-state index contributed by atoms with van der Waals surface area (Å²) in [5.74, 6) is 4.41. The third-order valence-electron chi connectivity index (χ3n) is 5.76. The minimum Gasteiger partial charge on any atom is -0.311 e. The molecule has 0 aromatic heterocycles. The van der Waals surface area contributed by atoms with Crippen molar-refractivity contribution in [3.05, 3.63) is 0 Å². The first kappa shape index (κ1) is 9.04. The van der Waals surface area contributed by atoms with Gasteiger partial charge in [-0.25, -0.2) is 0 Å². The highest BCUT2D eigenvalue weighted by atomic mass is 15.0. The molecular weight excluding hydrogens is 182 g/mol. The second kappa shape index (κ2) is 3.23. The Morgan fingerprint density at radius 3 is 1.80 bits per heavy atom. The molecule has 0 spiro atoms. The maximum Gasteiger partial charge on any atom is 0.0127 e. The molecule has 0 heterocycles. The zero-order chi connectivity index (χ0) is 9.83. The lowest BCUT2D eigenvalue weighted by atomic mass is 9.54. The van der Waals surface area contributed by atoms with Crippen LogP contribution in [0.1, 0.15) is 51.4 Å². The fourth-order valence-electron chi connectivity index (χ4n) is 5.04. The van der Waals surface area contributed by atoms with Crippen molar-refractivity contribution in [1.82, 2.24) is 5.32 Å². The highest BCUT2D eigenvalue weighted by molar-refractivity contribution is 5.02. The molecular formula is C14H23N. The molecule has 0 aromatic rings. The quantitative estimate of drug-likeness (QED) is 0.731. The van der Waals surface area contributed by atoms with Crippen molar-refractivity contribution in [3.63, 3.8) is 0 Å². The Balaban J connectivity index is 1.49. The number of nitrogens with one attached hydrogen (secondary N) is 1. The second-order valence-electron chi connectivity index (χ2n) is 6.75. The van der Waals surface area contributed by atoms with Crippen molar-refractivity contribution in [2.24, 2.45) is 23.7 Å². The molecule has 5 aliphatic rings. The Bertz CT molecular complexity index is 228. The minimum absolute atomic E-state index is 0.910. The van der Waals surface area contributed by atoms with Gasteiger partial charge < -0.3 is 5.32 Å². The minimum atomic E-state index is 0.910. The molecule has 5 aliphatic carbocycles. The highest BCUT2D eigenvalue weighted by Crippen LogP contribution is 2.54. The number of rotatable bonds is 2. The molecule has 0 aromatic carbocycles. The number of hydrogen-bond acceptors (Lipinski definition) is 1. The van der Waals surface area contributed by atoms with Crippen molar-refractivity contribution < 1.29 is 0 Å². The van der Waals surface area contributed by atoms with Crippen LogP contribution in [0, 0.1) is 23.7 Å². The summed E-state index contributed by atoms with van der Waals surface area (Å²) in [6, 6.07) is 1.84. The summed E-state index contributed by atoms with van der Waals surface area (Å²) >= 11 is 0. The Kier molecular flexibility index (Phi) is 1.94. The molecule has 0 saturated heterocycles. The van der Waals surface area contributed by atoms with Gasteiger partial charge in [-0.05, 0) is 68.6 Å². The van der Waals surface area contributed by atoms with Crippen LogP contribution in [0.2, 0.25) is 0 Å². The van der Waals surface area contributed by atoms with E-state index in [4.69, 9.17) is 0 Å². The summed E-state index contributed by atoms with van der Waals surface area (Å²) in [6.07, 6.45) is 12.3. The van der Waals surface area contributed by atoms with Crippen LogP contribution in [0.25, 0.3) is 0 Å². The lowest BCUT2D eigenvalue weighted by molar-refractivity contribution is -0.0212. The summed E-state index contributed by atoms with van der Waals surface area (Å²) in [4.78, 5) is 0. The van der Waals surface area contributed by atoms with Gasteiger partial charge >= 0.3 is 0 Å². The molecule has 1 heteroatoms. The molecule has 0 aliphatic heterocycles. The van der Waals surface area contributed by atoms with Gasteiger partial charge in [-0.2, -0.15) is 0 Å². The molecule has 0 unspecified atom stereocenters. The fraction of sp³-hybridized carbons (Fsp3) is 1.00. The second-order valence-corrected chi connectivity index (χ2v) is 6.75. The van der Waals surface area contributed by atoms with Gasteiger partial charge in [-0.3, -0.25) is 0 Å². The van der Waals surface area contributed by atoms with Gasteiger partial charge in [0.1, 0.15) is 0 Å². The molecule has 1 nitrogen and oxygen atoms in total. The van der Waals surface area contributed by atoms with Crippen molar-refractivity contribution in [1.29, 1.82) is 0 Å². The summed E-state index contributed by atoms with van der Waals surface area (Å²) in [6.45, 7) is 0. The van der Waals surface area contributed by atoms with E-state index in [1.54, 1.807) is 32.1 Å². The van der Waals surface area contributed by atoms with E-state index in [0.717, 1.165) is 35.8 Å². The van der Waals surface area contributed by atoms with Crippen LogP contribution in [0.3, 0.4) is 0 Å². The monoisotopic (exact) mass is 205 g/mol. The van der Waals surface area contributed by atoms with Gasteiger partial charge in [-0.1, -0.05) is 6.42 Å². The van der Waals surface area contributed by atoms with Gasteiger partial charge in [0.05, 0.1) is 0 Å². The molecule has 5 fully saturated rings. The molecule has 0 radical (unpaired) electrons. The average Bonchev–Trinajstić information content (AvgIpc) is 2.12. The van der Waals surface area contributed by atoms with E-state index in [1.165, 1.54) is 19.3 Å². The Hall–Kier alpha value is -0.0400. The van der Waals surface area contributed by atoms with Crippen molar-refractivity contribution >= 4 is 0 Å². The van der Waals surface area contributed by atoms with E-state index in [0.29, 0.717) is 0 Å². The van der Waals surface area contributed by atoms with E-state index in [9.17, 15) is 0 Å². The first-order valence-corrected chi connectivity index (χ1v) is 7.14. The van der Waals surface area contributed by atoms with E-state index < -0.39 is 0 Å². The lowest BCUT2D eigenvalue weighted by Gasteiger charge is -2.55. The van der Waals surface area contributed by atoms with Crippen LogP contribution in [-0.4, -0.2) is 12.1 Å². The molecule has 0 amide bonds. The first-order chi connectivity index (χ1) is 7.38. The van der Waals surface area contributed by atoms with Crippen molar-refractivity contribution in [3.8, 4) is 0 Å². The third kappa shape index (κ3) is 1.39. The van der Waals surface area contributed by atoms with E-state index in [2.05, 4.69) is 5.32 Å². The number of hydrogen-bond donors (Lipinski definition) is 1. The molecule has 0 atom stereocenters. The molecule has 5 saturated carbocycles. The molecule has 84 valence electrons. The van der Waals surface area contributed by atoms with Gasteiger partial charge in [-0.15, -0.1) is 0 Å². The maximum absolute atomic E-state index is 4.00. The highest BCUT2D eigenvalue weighted by Gasteiger charge is 2.48. The zero-order valence-corrected chi connectivity index (χ0v) is 9.62. The predicted molar refractivity (Wildman–Crippen MR) is 61.6 cm³/mol. The molecule has 4 bridgehead atoms. The summed E-state index contributed by atoms with van der Waals surface area (Å²) in [5, 5.41) is 4.00. The zero-order valence-electron chi connectivity index (χ0n) is 9.62. The topological polar surface area (TPSA) is 12.0 Å². The average molecular weight is 205 g/mol. The predicted octanol–water partition coefficient (Wildman–Crippen LogP) is 2.95. The molecule has 1 N–H and O–H groups in total. The Morgan fingerprint density at radius 1 is 0.733 bits per heavy atom. The van der Waals surface area contributed by atoms with E-state index in [-0.39, 0.29) is 0 Å². The van der Waals surface area contributed by atoms with Crippen molar-refractivity contribution in [2.75, 3.05) is 0 Å². The van der Waals surface area contributed by atoms with Crippen LogP contribution in [-0.2, 0) is 0 Å². The normalized spacial score (nSPS) is 53.2. The standard InChI is InChI=1S/C14H23N/c1-2-13(3-1)15-14-11-5-9-4-10(7-11)8-12(14)6-9/h9-15H,1-8H2. The van der Waals surface area contributed by atoms with Crippen LogP contribution >= 0.6 is 0 Å². The summed E-state index contributed by atoms with van der Waals surface area (Å²) < 4.78 is 0.